The van der Waals surface area contributed by atoms with E-state index in [0.29, 0.717) is 23.3 Å². The highest BCUT2D eigenvalue weighted by atomic mass is 16.2. The van der Waals surface area contributed by atoms with Gasteiger partial charge in [0.05, 0.1) is 0 Å². The number of hydrogen-bond donors (Lipinski definition) is 2. The van der Waals surface area contributed by atoms with Crippen LogP contribution in [0.5, 0.6) is 0 Å². The number of nitrogens with zero attached hydrogens (tertiary/aromatic N) is 1. The number of anilines is 1. The van der Waals surface area contributed by atoms with Gasteiger partial charge in [-0.1, -0.05) is 19.3 Å². The summed E-state index contributed by atoms with van der Waals surface area (Å²) in [5.74, 6) is 0.845. The molecule has 1 atom stereocenters. The quantitative estimate of drug-likeness (QED) is 0.860. The van der Waals surface area contributed by atoms with Crippen molar-refractivity contribution in [2.75, 3.05) is 12.3 Å². The Labute approximate surface area is 114 Å². The van der Waals surface area contributed by atoms with Crippen molar-refractivity contribution in [1.82, 2.24) is 9.88 Å². The predicted molar refractivity (Wildman–Crippen MR) is 75.8 cm³/mol. The highest BCUT2D eigenvalue weighted by Crippen LogP contribution is 2.34. The molecule has 0 aromatic carbocycles. The molecule has 1 aromatic heterocycles. The molecule has 1 saturated heterocycles. The molecule has 2 heterocycles. The van der Waals surface area contributed by atoms with Crippen LogP contribution in [0.4, 0.5) is 5.69 Å². The van der Waals surface area contributed by atoms with Crippen LogP contribution in [0, 0.1) is 5.92 Å². The summed E-state index contributed by atoms with van der Waals surface area (Å²) in [5.41, 5.74) is 6.97. The molecule has 1 saturated carbocycles. The second-order valence-corrected chi connectivity index (χ2v) is 5.95. The minimum Gasteiger partial charge on any atom is -0.397 e. The van der Waals surface area contributed by atoms with E-state index < -0.39 is 0 Å². The molecule has 1 aliphatic carbocycles. The lowest BCUT2D eigenvalue weighted by Gasteiger charge is -2.33. The largest absolute Gasteiger partial charge is 0.397 e. The van der Waals surface area contributed by atoms with Crippen molar-refractivity contribution in [3.05, 3.63) is 18.0 Å². The molecule has 104 valence electrons. The average molecular weight is 261 g/mol. The summed E-state index contributed by atoms with van der Waals surface area (Å²) in [5, 5.41) is 0. The molecule has 1 unspecified atom stereocenters. The van der Waals surface area contributed by atoms with Gasteiger partial charge in [0.1, 0.15) is 5.69 Å². The fraction of sp³-hybridized carbons (Fsp3) is 0.667. The molecule has 0 radical (unpaired) electrons. The molecular weight excluding hydrogens is 238 g/mol. The first-order chi connectivity index (χ1) is 9.25. The molecule has 2 fully saturated rings. The standard InChI is InChI=1S/C15H23N3O/c16-12-9-13(17-10-12)15(19)18-8-4-7-14(18)11-5-2-1-3-6-11/h9-11,14,17H,1-8,16H2. The van der Waals surface area contributed by atoms with Crippen molar-refractivity contribution in [2.24, 2.45) is 5.92 Å². The SMILES string of the molecule is Nc1c[nH]c(C(=O)N2CCCC2C2CCCCC2)c1. The summed E-state index contributed by atoms with van der Waals surface area (Å²) in [6.07, 6.45) is 10.6. The number of carbonyl (C=O) groups excluding carboxylic acids is 1. The minimum absolute atomic E-state index is 0.129. The van der Waals surface area contributed by atoms with E-state index in [-0.39, 0.29) is 5.91 Å². The third-order valence-corrected chi connectivity index (χ3v) is 4.69. The zero-order valence-corrected chi connectivity index (χ0v) is 11.4. The van der Waals surface area contributed by atoms with Crippen molar-refractivity contribution in [3.63, 3.8) is 0 Å². The monoisotopic (exact) mass is 261 g/mol. The van der Waals surface area contributed by atoms with E-state index in [2.05, 4.69) is 9.88 Å². The van der Waals surface area contributed by atoms with Crippen LogP contribution in [-0.2, 0) is 0 Å². The number of nitrogens with one attached hydrogen (secondary N) is 1. The first kappa shape index (κ1) is 12.6. The van der Waals surface area contributed by atoms with Crippen LogP contribution in [-0.4, -0.2) is 28.4 Å². The number of H-pyrrole nitrogens is 1. The lowest BCUT2D eigenvalue weighted by molar-refractivity contribution is 0.0656. The Morgan fingerprint density at radius 1 is 1.21 bits per heavy atom. The van der Waals surface area contributed by atoms with Gasteiger partial charge in [0, 0.05) is 24.5 Å². The van der Waals surface area contributed by atoms with Gasteiger partial charge in [0.15, 0.2) is 0 Å². The summed E-state index contributed by atoms with van der Waals surface area (Å²) in [6.45, 7) is 0.902. The molecule has 0 bridgehead atoms. The first-order valence-corrected chi connectivity index (χ1v) is 7.50. The highest BCUT2D eigenvalue weighted by molar-refractivity contribution is 5.93. The van der Waals surface area contributed by atoms with Gasteiger partial charge in [-0.15, -0.1) is 0 Å². The fourth-order valence-electron chi connectivity index (χ4n) is 3.74. The Kier molecular flexibility index (Phi) is 3.49. The Morgan fingerprint density at radius 2 is 2.00 bits per heavy atom. The van der Waals surface area contributed by atoms with Gasteiger partial charge in [-0.25, -0.2) is 0 Å². The minimum atomic E-state index is 0.129. The van der Waals surface area contributed by atoms with Crippen molar-refractivity contribution < 1.29 is 4.79 Å². The Balaban J connectivity index is 1.73. The number of nitrogens with two attached hydrogens (primary N) is 1. The average Bonchev–Trinajstić information content (AvgIpc) is 3.07. The van der Waals surface area contributed by atoms with Crippen LogP contribution in [0.25, 0.3) is 0 Å². The number of carbonyl (C=O) groups is 1. The van der Waals surface area contributed by atoms with Crippen LogP contribution in [0.15, 0.2) is 12.3 Å². The second kappa shape index (κ2) is 5.27. The molecule has 0 spiro atoms. The fourth-order valence-corrected chi connectivity index (χ4v) is 3.74. The van der Waals surface area contributed by atoms with Gasteiger partial charge in [-0.3, -0.25) is 4.79 Å². The van der Waals surface area contributed by atoms with Crippen molar-refractivity contribution in [2.45, 2.75) is 51.0 Å². The van der Waals surface area contributed by atoms with Gasteiger partial charge >= 0.3 is 0 Å². The Hall–Kier alpha value is -1.45. The zero-order chi connectivity index (χ0) is 13.2. The number of amides is 1. The van der Waals surface area contributed by atoms with Crippen LogP contribution < -0.4 is 5.73 Å². The third-order valence-electron chi connectivity index (χ3n) is 4.69. The Bertz CT molecular complexity index is 448. The topological polar surface area (TPSA) is 62.1 Å². The van der Waals surface area contributed by atoms with E-state index in [9.17, 15) is 4.79 Å². The summed E-state index contributed by atoms with van der Waals surface area (Å²) >= 11 is 0. The molecule has 4 nitrogen and oxygen atoms in total. The summed E-state index contributed by atoms with van der Waals surface area (Å²) in [7, 11) is 0. The maximum absolute atomic E-state index is 12.6. The van der Waals surface area contributed by atoms with Gasteiger partial charge in [-0.05, 0) is 37.7 Å². The van der Waals surface area contributed by atoms with Crippen LogP contribution in [0.1, 0.15) is 55.4 Å². The van der Waals surface area contributed by atoms with Gasteiger partial charge in [-0.2, -0.15) is 0 Å². The number of aromatic amines is 1. The summed E-state index contributed by atoms with van der Waals surface area (Å²) in [4.78, 5) is 17.6. The molecule has 4 heteroatoms. The van der Waals surface area contributed by atoms with Crippen molar-refractivity contribution in [3.8, 4) is 0 Å². The van der Waals surface area contributed by atoms with E-state index in [1.165, 1.54) is 38.5 Å². The van der Waals surface area contributed by atoms with Crippen LogP contribution in [0.2, 0.25) is 0 Å². The molecule has 19 heavy (non-hydrogen) atoms. The molecule has 1 amide bonds. The van der Waals surface area contributed by atoms with Crippen LogP contribution >= 0.6 is 0 Å². The van der Waals surface area contributed by atoms with E-state index in [4.69, 9.17) is 5.73 Å². The lowest BCUT2D eigenvalue weighted by atomic mass is 9.83. The second-order valence-electron chi connectivity index (χ2n) is 5.95. The maximum Gasteiger partial charge on any atom is 0.270 e. The van der Waals surface area contributed by atoms with E-state index in [1.807, 2.05) is 0 Å². The molecule has 1 aliphatic heterocycles. The van der Waals surface area contributed by atoms with E-state index in [1.54, 1.807) is 12.3 Å². The van der Waals surface area contributed by atoms with Gasteiger partial charge in [0.25, 0.3) is 5.91 Å². The molecule has 1 aromatic rings. The number of likely N-dealkylation sites (tertiary alicyclic amines) is 1. The smallest absolute Gasteiger partial charge is 0.270 e. The molecule has 2 aliphatic rings. The summed E-state index contributed by atoms with van der Waals surface area (Å²) < 4.78 is 0. The Morgan fingerprint density at radius 3 is 2.68 bits per heavy atom. The van der Waals surface area contributed by atoms with Crippen molar-refractivity contribution >= 4 is 11.6 Å². The number of rotatable bonds is 2. The van der Waals surface area contributed by atoms with Crippen molar-refractivity contribution in [1.29, 1.82) is 0 Å². The van der Waals surface area contributed by atoms with Gasteiger partial charge in [0.2, 0.25) is 0 Å². The van der Waals surface area contributed by atoms with Gasteiger partial charge < -0.3 is 15.6 Å². The number of hydrogen-bond acceptors (Lipinski definition) is 2. The number of aromatic nitrogens is 1. The molecule has 3 N–H and O–H groups in total. The maximum atomic E-state index is 12.6. The lowest BCUT2D eigenvalue weighted by Crippen LogP contribution is -2.40. The molecule has 3 rings (SSSR count). The third kappa shape index (κ3) is 2.48. The normalized spacial score (nSPS) is 24.8. The summed E-state index contributed by atoms with van der Waals surface area (Å²) in [6, 6.07) is 2.20. The number of nitrogen functional groups attached to an aromatic ring is 1. The van der Waals surface area contributed by atoms with E-state index >= 15 is 0 Å². The molecular formula is C15H23N3O. The first-order valence-electron chi connectivity index (χ1n) is 7.50. The predicted octanol–water partition coefficient (Wildman–Crippen LogP) is 2.78. The van der Waals surface area contributed by atoms with E-state index in [0.717, 1.165) is 13.0 Å². The van der Waals surface area contributed by atoms with Crippen LogP contribution in [0.3, 0.4) is 0 Å². The zero-order valence-electron chi connectivity index (χ0n) is 11.4. The highest BCUT2D eigenvalue weighted by Gasteiger charge is 2.35.